The summed E-state index contributed by atoms with van der Waals surface area (Å²) in [5, 5.41) is 19.6. The summed E-state index contributed by atoms with van der Waals surface area (Å²) in [6, 6.07) is 2.81. The maximum atomic E-state index is 12.3. The number of hydrogen-bond donors (Lipinski definition) is 1. The van der Waals surface area contributed by atoms with E-state index in [9.17, 15) is 14.9 Å². The van der Waals surface area contributed by atoms with Crippen LogP contribution in [0.25, 0.3) is 0 Å². The molecule has 1 spiro atoms. The zero-order valence-corrected chi connectivity index (χ0v) is 12.0. The topological polar surface area (TPSA) is 101 Å². The van der Waals surface area contributed by atoms with Gasteiger partial charge in [-0.1, -0.05) is 0 Å². The maximum absolute atomic E-state index is 12.3. The van der Waals surface area contributed by atoms with Gasteiger partial charge in [0.05, 0.1) is 6.07 Å². The number of carbonyl (C=O) groups excluding carboxylic acids is 1. The number of nitrogens with zero attached hydrogens (tertiary/aromatic N) is 3. The Morgan fingerprint density at radius 2 is 2.19 bits per heavy atom. The summed E-state index contributed by atoms with van der Waals surface area (Å²) in [5.74, 6) is -0.0646. The van der Waals surface area contributed by atoms with Crippen LogP contribution in [0.5, 0.6) is 0 Å². The Bertz CT molecular complexity index is 663. The molecule has 8 heteroatoms. The minimum Gasteiger partial charge on any atom is -0.399 e. The van der Waals surface area contributed by atoms with Crippen LogP contribution in [-0.4, -0.2) is 39.7 Å². The van der Waals surface area contributed by atoms with Gasteiger partial charge in [0.2, 0.25) is 5.91 Å². The second-order valence-corrected chi connectivity index (χ2v) is 6.19. The number of nitrogens with one attached hydrogen (secondary N) is 1. The molecule has 1 N–H and O–H groups in total. The first-order valence-electron chi connectivity index (χ1n) is 6.62. The van der Waals surface area contributed by atoms with Gasteiger partial charge in [0.25, 0.3) is 0 Å². The molecule has 3 heterocycles. The molecule has 21 heavy (non-hydrogen) atoms. The van der Waals surface area contributed by atoms with E-state index in [1.807, 2.05) is 13.8 Å². The van der Waals surface area contributed by atoms with Crippen molar-refractivity contribution < 1.29 is 14.1 Å². The highest BCUT2D eigenvalue weighted by Gasteiger charge is 2.56. The molecule has 0 saturated carbocycles. The third-order valence-electron chi connectivity index (χ3n) is 4.02. The Morgan fingerprint density at radius 1 is 1.48 bits per heavy atom. The lowest BCUT2D eigenvalue weighted by Gasteiger charge is -2.28. The number of likely N-dealkylation sites (N-methyl/N-ethyl adjacent to an activating group) is 1. The summed E-state index contributed by atoms with van der Waals surface area (Å²) in [6.45, 7) is 3.92. The SMILES string of the molecule is CN1N=C(c2ccc([N+](=O)[O-])o2)C[C@@]12CC(C)(C)NC2=O. The van der Waals surface area contributed by atoms with E-state index in [2.05, 4.69) is 10.4 Å². The minimum absolute atomic E-state index is 0.0743. The standard InChI is InChI=1S/C13H16N4O4/c1-12(2)7-13(11(18)14-12)6-8(15-16(13)3)9-4-5-10(21-9)17(19)20/h4-5H,6-7H2,1-3H3,(H,14,18)/t13-/m0/s1. The molecule has 1 saturated heterocycles. The largest absolute Gasteiger partial charge is 0.433 e. The van der Waals surface area contributed by atoms with Crippen LogP contribution in [0, 0.1) is 10.1 Å². The molecule has 1 amide bonds. The van der Waals surface area contributed by atoms with Gasteiger partial charge in [-0.2, -0.15) is 5.10 Å². The highest BCUT2D eigenvalue weighted by atomic mass is 16.6. The van der Waals surface area contributed by atoms with Crippen molar-refractivity contribution in [1.29, 1.82) is 0 Å². The van der Waals surface area contributed by atoms with Crippen molar-refractivity contribution in [3.63, 3.8) is 0 Å². The van der Waals surface area contributed by atoms with E-state index in [0.29, 0.717) is 24.3 Å². The second-order valence-electron chi connectivity index (χ2n) is 6.19. The smallest absolute Gasteiger partial charge is 0.399 e. The second kappa shape index (κ2) is 4.06. The van der Waals surface area contributed by atoms with Crippen molar-refractivity contribution in [1.82, 2.24) is 10.3 Å². The molecule has 0 aliphatic carbocycles. The molecule has 3 rings (SSSR count). The molecule has 8 nitrogen and oxygen atoms in total. The molecule has 2 aliphatic rings. The lowest BCUT2D eigenvalue weighted by atomic mass is 9.85. The summed E-state index contributed by atoms with van der Waals surface area (Å²) in [5.41, 5.74) is -0.482. The van der Waals surface area contributed by atoms with E-state index in [-0.39, 0.29) is 17.3 Å². The molecule has 1 fully saturated rings. The van der Waals surface area contributed by atoms with Crippen molar-refractivity contribution in [3.8, 4) is 0 Å². The molecule has 112 valence electrons. The van der Waals surface area contributed by atoms with Gasteiger partial charge in [-0.15, -0.1) is 0 Å². The molecule has 0 bridgehead atoms. The maximum Gasteiger partial charge on any atom is 0.433 e. The van der Waals surface area contributed by atoms with Crippen LogP contribution < -0.4 is 5.32 Å². The lowest BCUT2D eigenvalue weighted by Crippen LogP contribution is -2.47. The third-order valence-corrected chi connectivity index (χ3v) is 4.02. The van der Waals surface area contributed by atoms with Crippen LogP contribution in [0.4, 0.5) is 5.88 Å². The van der Waals surface area contributed by atoms with Gasteiger partial charge in [-0.25, -0.2) is 0 Å². The van der Waals surface area contributed by atoms with Crippen LogP contribution in [0.1, 0.15) is 32.4 Å². The number of nitro groups is 1. The van der Waals surface area contributed by atoms with Crippen molar-refractivity contribution in [2.24, 2.45) is 5.10 Å². The molecule has 2 aliphatic heterocycles. The predicted octanol–water partition coefficient (Wildman–Crippen LogP) is 1.26. The van der Waals surface area contributed by atoms with Crippen molar-refractivity contribution in [3.05, 3.63) is 28.0 Å². The van der Waals surface area contributed by atoms with Crippen LogP contribution >= 0.6 is 0 Å². The summed E-state index contributed by atoms with van der Waals surface area (Å²) < 4.78 is 5.18. The first-order valence-corrected chi connectivity index (χ1v) is 6.62. The summed E-state index contributed by atoms with van der Waals surface area (Å²) in [4.78, 5) is 22.4. The monoisotopic (exact) mass is 292 g/mol. The molecular weight excluding hydrogens is 276 g/mol. The third kappa shape index (κ3) is 1.98. The first kappa shape index (κ1) is 13.6. The molecule has 0 unspecified atom stereocenters. The van der Waals surface area contributed by atoms with E-state index >= 15 is 0 Å². The van der Waals surface area contributed by atoms with Gasteiger partial charge in [-0.3, -0.25) is 19.9 Å². The van der Waals surface area contributed by atoms with E-state index < -0.39 is 10.5 Å². The van der Waals surface area contributed by atoms with Gasteiger partial charge in [0.15, 0.2) is 5.76 Å². The summed E-state index contributed by atoms with van der Waals surface area (Å²) in [7, 11) is 1.74. The van der Waals surface area contributed by atoms with E-state index in [1.54, 1.807) is 12.1 Å². The average Bonchev–Trinajstić information content (AvgIpc) is 2.99. The molecule has 1 aromatic heterocycles. The highest BCUT2D eigenvalue weighted by Crippen LogP contribution is 2.40. The minimum atomic E-state index is -0.736. The Labute approximate surface area is 120 Å². The van der Waals surface area contributed by atoms with Gasteiger partial charge in [-0.05, 0) is 19.9 Å². The zero-order valence-electron chi connectivity index (χ0n) is 12.0. The van der Waals surface area contributed by atoms with Crippen LogP contribution in [-0.2, 0) is 4.79 Å². The van der Waals surface area contributed by atoms with Crippen molar-refractivity contribution in [2.45, 2.75) is 37.8 Å². The fraction of sp³-hybridized carbons (Fsp3) is 0.538. The number of hydrazone groups is 1. The number of amides is 1. The number of hydrogen-bond acceptors (Lipinski definition) is 6. The van der Waals surface area contributed by atoms with Crippen molar-refractivity contribution in [2.75, 3.05) is 7.05 Å². The molecule has 0 radical (unpaired) electrons. The highest BCUT2D eigenvalue weighted by molar-refractivity contribution is 6.05. The van der Waals surface area contributed by atoms with Crippen LogP contribution in [0.15, 0.2) is 21.7 Å². The summed E-state index contributed by atoms with van der Waals surface area (Å²) in [6.07, 6.45) is 0.995. The normalized spacial score (nSPS) is 27.1. The van der Waals surface area contributed by atoms with Gasteiger partial charge >= 0.3 is 5.88 Å². The van der Waals surface area contributed by atoms with Crippen molar-refractivity contribution >= 4 is 17.5 Å². The fourth-order valence-corrected chi connectivity index (χ4v) is 3.10. The summed E-state index contributed by atoms with van der Waals surface area (Å²) >= 11 is 0. The van der Waals surface area contributed by atoms with Gasteiger partial charge in [0, 0.05) is 25.4 Å². The number of carbonyl (C=O) groups is 1. The Balaban J connectivity index is 1.90. The lowest BCUT2D eigenvalue weighted by molar-refractivity contribution is -0.402. The molecule has 1 aromatic rings. The molecule has 1 atom stereocenters. The number of rotatable bonds is 2. The molecular formula is C13H16N4O4. The predicted molar refractivity (Wildman–Crippen MR) is 73.8 cm³/mol. The van der Waals surface area contributed by atoms with Gasteiger partial charge < -0.3 is 9.73 Å². The van der Waals surface area contributed by atoms with Crippen LogP contribution in [0.3, 0.4) is 0 Å². The fourth-order valence-electron chi connectivity index (χ4n) is 3.10. The van der Waals surface area contributed by atoms with Gasteiger partial charge in [0.1, 0.15) is 16.2 Å². The Kier molecular flexibility index (Phi) is 2.63. The number of furan rings is 1. The first-order chi connectivity index (χ1) is 9.73. The van der Waals surface area contributed by atoms with E-state index in [4.69, 9.17) is 4.42 Å². The Hall–Kier alpha value is -2.38. The van der Waals surface area contributed by atoms with Crippen LogP contribution in [0.2, 0.25) is 0 Å². The molecule has 0 aromatic carbocycles. The Morgan fingerprint density at radius 3 is 2.71 bits per heavy atom. The quantitative estimate of drug-likeness (QED) is 0.653. The zero-order chi connectivity index (χ0) is 15.4. The van der Waals surface area contributed by atoms with E-state index in [0.717, 1.165) is 0 Å². The average molecular weight is 292 g/mol. The van der Waals surface area contributed by atoms with E-state index in [1.165, 1.54) is 12.1 Å².